The number of benzene rings is 1. The second-order valence-electron chi connectivity index (χ2n) is 4.32. The number of rotatable bonds is 2. The first-order valence-electron chi connectivity index (χ1n) is 5.82. The van der Waals surface area contributed by atoms with E-state index in [9.17, 15) is 9.59 Å². The van der Waals surface area contributed by atoms with Crippen LogP contribution in [-0.2, 0) is 6.54 Å². The monoisotopic (exact) mass is 253 g/mol. The summed E-state index contributed by atoms with van der Waals surface area (Å²) in [4.78, 5) is 29.5. The third-order valence-electron chi connectivity index (χ3n) is 3.12. The molecule has 0 radical (unpaired) electrons. The van der Waals surface area contributed by atoms with Gasteiger partial charge in [0.25, 0.3) is 11.8 Å². The minimum absolute atomic E-state index is 0.230. The molecule has 5 nitrogen and oxygen atoms in total. The van der Waals surface area contributed by atoms with Crippen molar-refractivity contribution < 1.29 is 9.59 Å². The second-order valence-corrected chi connectivity index (χ2v) is 4.32. The number of nitrogens with zero attached hydrogens (tertiary/aromatic N) is 2. The Kier molecular flexibility index (Phi) is 2.52. The average Bonchev–Trinajstić information content (AvgIpc) is 2.66. The maximum Gasteiger partial charge on any atom is 0.263 e. The summed E-state index contributed by atoms with van der Waals surface area (Å²) in [7, 11) is 0. The lowest BCUT2D eigenvalue weighted by atomic mass is 10.1. The van der Waals surface area contributed by atoms with E-state index in [0.29, 0.717) is 16.8 Å². The quantitative estimate of drug-likeness (QED) is 0.649. The molecule has 1 aliphatic heterocycles. The van der Waals surface area contributed by atoms with Crippen LogP contribution in [-0.4, -0.2) is 21.7 Å². The molecular formula is C14H11N3O2. The van der Waals surface area contributed by atoms with E-state index in [1.807, 2.05) is 0 Å². The Labute approximate surface area is 109 Å². The predicted molar refractivity (Wildman–Crippen MR) is 69.3 cm³/mol. The summed E-state index contributed by atoms with van der Waals surface area (Å²) < 4.78 is 0. The van der Waals surface area contributed by atoms with Crippen molar-refractivity contribution in [1.29, 1.82) is 0 Å². The first-order valence-corrected chi connectivity index (χ1v) is 5.82. The number of anilines is 1. The van der Waals surface area contributed by atoms with Gasteiger partial charge in [-0.05, 0) is 29.8 Å². The highest BCUT2D eigenvalue weighted by atomic mass is 16.2. The number of hydrogen-bond acceptors (Lipinski definition) is 4. The number of carbonyl (C=O) groups is 2. The Bertz CT molecular complexity index is 668. The normalized spacial score (nSPS) is 13.8. The largest absolute Gasteiger partial charge is 0.398 e. The average molecular weight is 253 g/mol. The molecule has 2 N–H and O–H groups in total. The van der Waals surface area contributed by atoms with Gasteiger partial charge in [0.2, 0.25) is 0 Å². The summed E-state index contributed by atoms with van der Waals surface area (Å²) in [6, 6.07) is 8.47. The predicted octanol–water partition coefficient (Wildman–Crippen LogP) is 1.46. The summed E-state index contributed by atoms with van der Waals surface area (Å²) in [5, 5.41) is 0. The van der Waals surface area contributed by atoms with Gasteiger partial charge in [-0.2, -0.15) is 0 Å². The lowest BCUT2D eigenvalue weighted by Crippen LogP contribution is -2.29. The van der Waals surface area contributed by atoms with Gasteiger partial charge in [0, 0.05) is 18.1 Å². The van der Waals surface area contributed by atoms with Crippen LogP contribution < -0.4 is 5.73 Å². The van der Waals surface area contributed by atoms with E-state index in [-0.39, 0.29) is 18.4 Å². The van der Waals surface area contributed by atoms with Gasteiger partial charge in [0.05, 0.1) is 17.7 Å². The van der Waals surface area contributed by atoms with Crippen molar-refractivity contribution in [2.45, 2.75) is 6.54 Å². The van der Waals surface area contributed by atoms with Gasteiger partial charge in [-0.25, -0.2) is 0 Å². The molecule has 0 atom stereocenters. The first-order chi connectivity index (χ1) is 9.18. The van der Waals surface area contributed by atoms with Crippen LogP contribution in [0.3, 0.4) is 0 Å². The lowest BCUT2D eigenvalue weighted by Gasteiger charge is -2.13. The molecule has 0 bridgehead atoms. The number of amides is 2. The molecule has 0 saturated carbocycles. The summed E-state index contributed by atoms with van der Waals surface area (Å²) in [5.74, 6) is -0.640. The summed E-state index contributed by atoms with van der Waals surface area (Å²) in [5.41, 5.74) is 7.64. The molecule has 2 heterocycles. The van der Waals surface area contributed by atoms with Crippen LogP contribution in [0.5, 0.6) is 0 Å². The molecule has 0 saturated heterocycles. The first kappa shape index (κ1) is 11.4. The highest BCUT2D eigenvalue weighted by Crippen LogP contribution is 2.28. The molecule has 0 aliphatic carbocycles. The number of nitrogens with two attached hydrogens (primary N) is 1. The van der Waals surface area contributed by atoms with Gasteiger partial charge < -0.3 is 5.73 Å². The number of aromatic nitrogens is 1. The zero-order valence-electron chi connectivity index (χ0n) is 10.0. The number of carbonyl (C=O) groups excluding carboxylic acids is 2. The standard InChI is InChI=1S/C14H11N3O2/c15-11-3-1-2-10-12(11)14(19)17(13(10)18)8-9-4-6-16-7-5-9/h1-7H,8,15H2. The number of fused-ring (bicyclic) bond motifs is 1. The Hall–Kier alpha value is -2.69. The number of pyridine rings is 1. The molecule has 19 heavy (non-hydrogen) atoms. The lowest BCUT2D eigenvalue weighted by molar-refractivity contribution is 0.0642. The van der Waals surface area contributed by atoms with Gasteiger partial charge in [0.15, 0.2) is 0 Å². The zero-order chi connectivity index (χ0) is 13.4. The molecule has 2 aromatic rings. The SMILES string of the molecule is Nc1cccc2c1C(=O)N(Cc1ccncc1)C2=O. The van der Waals surface area contributed by atoms with Crippen molar-refractivity contribution in [3.05, 3.63) is 59.4 Å². The van der Waals surface area contributed by atoms with E-state index in [1.54, 1.807) is 42.7 Å². The van der Waals surface area contributed by atoms with Crippen LogP contribution in [0.2, 0.25) is 0 Å². The molecule has 0 unspecified atom stereocenters. The van der Waals surface area contributed by atoms with Crippen molar-refractivity contribution in [3.8, 4) is 0 Å². The molecule has 2 amide bonds. The van der Waals surface area contributed by atoms with Gasteiger partial charge in [-0.3, -0.25) is 19.5 Å². The smallest absolute Gasteiger partial charge is 0.263 e. The van der Waals surface area contributed by atoms with Crippen molar-refractivity contribution >= 4 is 17.5 Å². The minimum atomic E-state index is -0.338. The molecule has 5 heteroatoms. The summed E-state index contributed by atoms with van der Waals surface area (Å²) in [6.45, 7) is 0.230. The minimum Gasteiger partial charge on any atom is -0.398 e. The maximum atomic E-state index is 12.2. The fourth-order valence-electron chi connectivity index (χ4n) is 2.17. The molecule has 1 aromatic carbocycles. The third-order valence-corrected chi connectivity index (χ3v) is 3.12. The van der Waals surface area contributed by atoms with Crippen molar-refractivity contribution in [2.75, 3.05) is 5.73 Å². The Morgan fingerprint density at radius 2 is 1.79 bits per heavy atom. The highest BCUT2D eigenvalue weighted by Gasteiger charge is 2.36. The maximum absolute atomic E-state index is 12.2. The Morgan fingerprint density at radius 3 is 2.47 bits per heavy atom. The number of imide groups is 1. The van der Waals surface area contributed by atoms with Crippen LogP contribution in [0.25, 0.3) is 0 Å². The van der Waals surface area contributed by atoms with Gasteiger partial charge in [-0.1, -0.05) is 6.07 Å². The van der Waals surface area contributed by atoms with Crippen LogP contribution in [0.15, 0.2) is 42.7 Å². The fourth-order valence-corrected chi connectivity index (χ4v) is 2.17. The molecule has 94 valence electrons. The van der Waals surface area contributed by atoms with Gasteiger partial charge >= 0.3 is 0 Å². The Morgan fingerprint density at radius 1 is 1.05 bits per heavy atom. The third kappa shape index (κ3) is 1.76. The summed E-state index contributed by atoms with van der Waals surface area (Å²) >= 11 is 0. The van der Waals surface area contributed by atoms with Crippen LogP contribution >= 0.6 is 0 Å². The topological polar surface area (TPSA) is 76.3 Å². The van der Waals surface area contributed by atoms with E-state index in [1.165, 1.54) is 4.90 Å². The zero-order valence-corrected chi connectivity index (χ0v) is 10.0. The van der Waals surface area contributed by atoms with Crippen molar-refractivity contribution in [2.24, 2.45) is 0 Å². The van der Waals surface area contributed by atoms with Crippen molar-refractivity contribution in [1.82, 2.24) is 9.88 Å². The second kappa shape index (κ2) is 4.20. The molecule has 0 spiro atoms. The molecule has 3 rings (SSSR count). The summed E-state index contributed by atoms with van der Waals surface area (Å²) in [6.07, 6.45) is 3.25. The number of hydrogen-bond donors (Lipinski definition) is 1. The molecule has 1 aliphatic rings. The van der Waals surface area contributed by atoms with Crippen LogP contribution in [0.1, 0.15) is 26.3 Å². The van der Waals surface area contributed by atoms with Crippen molar-refractivity contribution in [3.63, 3.8) is 0 Å². The van der Waals surface area contributed by atoms with Crippen LogP contribution in [0.4, 0.5) is 5.69 Å². The van der Waals surface area contributed by atoms with Gasteiger partial charge in [0.1, 0.15) is 0 Å². The highest BCUT2D eigenvalue weighted by molar-refractivity contribution is 6.23. The number of nitrogen functional groups attached to an aromatic ring is 1. The van der Waals surface area contributed by atoms with E-state index in [0.717, 1.165) is 5.56 Å². The molecular weight excluding hydrogens is 242 g/mol. The van der Waals surface area contributed by atoms with Gasteiger partial charge in [-0.15, -0.1) is 0 Å². The van der Waals surface area contributed by atoms with E-state index in [4.69, 9.17) is 5.73 Å². The van der Waals surface area contributed by atoms with E-state index < -0.39 is 0 Å². The fraction of sp³-hybridized carbons (Fsp3) is 0.0714. The Balaban J connectivity index is 1.97. The van der Waals surface area contributed by atoms with Crippen LogP contribution in [0, 0.1) is 0 Å². The molecule has 0 fully saturated rings. The van der Waals surface area contributed by atoms with E-state index in [2.05, 4.69) is 4.98 Å². The van der Waals surface area contributed by atoms with E-state index >= 15 is 0 Å². The molecule has 1 aromatic heterocycles.